The highest BCUT2D eigenvalue weighted by Crippen LogP contribution is 2.23. The van der Waals surface area contributed by atoms with Gasteiger partial charge in [0.2, 0.25) is 0 Å². The highest BCUT2D eigenvalue weighted by molar-refractivity contribution is 6.30. The highest BCUT2D eigenvalue weighted by atomic mass is 35.5. The molecule has 0 aliphatic heterocycles. The molecule has 2 aromatic carbocycles. The monoisotopic (exact) mass is 402 g/mol. The summed E-state index contributed by atoms with van der Waals surface area (Å²) in [6.45, 7) is 4.07. The molecule has 0 unspecified atom stereocenters. The number of aryl methyl sites for hydroxylation is 1. The molecule has 0 aliphatic rings. The van der Waals surface area contributed by atoms with Gasteiger partial charge in [-0.25, -0.2) is 5.43 Å². The zero-order valence-electron chi connectivity index (χ0n) is 16.1. The van der Waals surface area contributed by atoms with Crippen LogP contribution in [0.4, 0.5) is 0 Å². The summed E-state index contributed by atoms with van der Waals surface area (Å²) in [5, 5.41) is 5.71. The van der Waals surface area contributed by atoms with E-state index in [9.17, 15) is 4.79 Å². The number of pyridine rings is 1. The van der Waals surface area contributed by atoms with Crippen LogP contribution in [0.1, 0.15) is 27.3 Å². The second-order valence-corrected chi connectivity index (χ2v) is 7.19. The molecule has 0 radical (unpaired) electrons. The number of hydrogen-bond donors (Lipinski definition) is 1. The quantitative estimate of drug-likeness (QED) is 0.383. The molecule has 1 amide bonds. The van der Waals surface area contributed by atoms with Crippen LogP contribution in [0.2, 0.25) is 5.02 Å². The van der Waals surface area contributed by atoms with E-state index in [2.05, 4.69) is 32.2 Å². The van der Waals surface area contributed by atoms with Gasteiger partial charge in [0.1, 0.15) is 0 Å². The van der Waals surface area contributed by atoms with Gasteiger partial charge in [0, 0.05) is 44.8 Å². The Balaban J connectivity index is 1.58. The number of aromatic nitrogens is 2. The normalized spacial score (nSPS) is 11.3. The number of benzene rings is 2. The van der Waals surface area contributed by atoms with Crippen LogP contribution in [-0.4, -0.2) is 21.7 Å². The van der Waals surface area contributed by atoms with E-state index in [0.717, 1.165) is 33.5 Å². The van der Waals surface area contributed by atoms with Gasteiger partial charge >= 0.3 is 0 Å². The Morgan fingerprint density at radius 3 is 2.79 bits per heavy atom. The number of nitrogens with zero attached hydrogens (tertiary/aromatic N) is 3. The number of carbonyl (C=O) groups excluding carboxylic acids is 1. The predicted octanol–water partition coefficient (Wildman–Crippen LogP) is 5.06. The number of fused-ring (bicyclic) bond motifs is 1. The van der Waals surface area contributed by atoms with Gasteiger partial charge < -0.3 is 4.57 Å². The number of rotatable bonds is 4. The predicted molar refractivity (Wildman–Crippen MR) is 117 cm³/mol. The third-order valence-corrected chi connectivity index (χ3v) is 5.01. The second-order valence-electron chi connectivity index (χ2n) is 6.75. The minimum atomic E-state index is -0.306. The van der Waals surface area contributed by atoms with Gasteiger partial charge in [0.25, 0.3) is 5.91 Å². The van der Waals surface area contributed by atoms with Crippen molar-refractivity contribution in [1.82, 2.24) is 15.0 Å². The van der Waals surface area contributed by atoms with Crippen molar-refractivity contribution >= 4 is 34.6 Å². The highest BCUT2D eigenvalue weighted by Gasteiger charge is 2.10. The molecule has 0 bridgehead atoms. The van der Waals surface area contributed by atoms with Gasteiger partial charge in [0.05, 0.1) is 11.7 Å². The van der Waals surface area contributed by atoms with Crippen LogP contribution in [0.25, 0.3) is 16.6 Å². The second kappa shape index (κ2) is 7.89. The third kappa shape index (κ3) is 3.91. The molecule has 4 rings (SSSR count). The van der Waals surface area contributed by atoms with Crippen LogP contribution >= 0.6 is 11.6 Å². The minimum Gasteiger partial charge on any atom is -0.318 e. The van der Waals surface area contributed by atoms with E-state index in [-0.39, 0.29) is 5.91 Å². The Morgan fingerprint density at radius 1 is 1.10 bits per heavy atom. The Labute approximate surface area is 173 Å². The van der Waals surface area contributed by atoms with E-state index in [4.69, 9.17) is 11.6 Å². The fourth-order valence-corrected chi connectivity index (χ4v) is 3.56. The van der Waals surface area contributed by atoms with Crippen molar-refractivity contribution in [2.45, 2.75) is 13.8 Å². The van der Waals surface area contributed by atoms with Crippen LogP contribution in [-0.2, 0) is 0 Å². The summed E-state index contributed by atoms with van der Waals surface area (Å²) in [7, 11) is 0. The number of hydrogen-bond acceptors (Lipinski definition) is 3. The Bertz CT molecular complexity index is 1240. The maximum Gasteiger partial charge on any atom is 0.271 e. The molecule has 0 atom stereocenters. The lowest BCUT2D eigenvalue weighted by Gasteiger charge is -2.10. The summed E-state index contributed by atoms with van der Waals surface area (Å²) in [6.07, 6.45) is 3.45. The van der Waals surface area contributed by atoms with E-state index in [1.165, 1.54) is 0 Å². The van der Waals surface area contributed by atoms with Crippen LogP contribution in [0.15, 0.2) is 72.0 Å². The Hall–Kier alpha value is -3.44. The first-order valence-electron chi connectivity index (χ1n) is 9.16. The van der Waals surface area contributed by atoms with Crippen molar-refractivity contribution in [3.8, 4) is 5.69 Å². The van der Waals surface area contributed by atoms with E-state index in [0.29, 0.717) is 10.6 Å². The molecule has 4 aromatic rings. The van der Waals surface area contributed by atoms with Crippen molar-refractivity contribution in [2.75, 3.05) is 0 Å². The molecular weight excluding hydrogens is 384 g/mol. The van der Waals surface area contributed by atoms with E-state index in [1.54, 1.807) is 36.7 Å². The number of carbonyl (C=O) groups is 1. The molecule has 29 heavy (non-hydrogen) atoms. The lowest BCUT2D eigenvalue weighted by Crippen LogP contribution is -2.17. The van der Waals surface area contributed by atoms with Crippen molar-refractivity contribution in [1.29, 1.82) is 0 Å². The van der Waals surface area contributed by atoms with Crippen LogP contribution < -0.4 is 5.43 Å². The van der Waals surface area contributed by atoms with Crippen molar-refractivity contribution in [3.05, 3.63) is 94.4 Å². The lowest BCUT2D eigenvalue weighted by atomic mass is 10.2. The summed E-state index contributed by atoms with van der Waals surface area (Å²) in [5.41, 5.74) is 8.07. The largest absolute Gasteiger partial charge is 0.318 e. The molecular formula is C23H19ClN4O. The van der Waals surface area contributed by atoms with Crippen molar-refractivity contribution < 1.29 is 4.79 Å². The summed E-state index contributed by atoms with van der Waals surface area (Å²) in [6, 6.07) is 19.0. The molecule has 0 spiro atoms. The summed E-state index contributed by atoms with van der Waals surface area (Å²) < 4.78 is 2.16. The molecule has 144 valence electrons. The van der Waals surface area contributed by atoms with Gasteiger partial charge in [-0.3, -0.25) is 9.78 Å². The molecule has 2 heterocycles. The lowest BCUT2D eigenvalue weighted by molar-refractivity contribution is 0.0955. The number of amides is 1. The average Bonchev–Trinajstić information content (AvgIpc) is 3.00. The number of halogens is 1. The van der Waals surface area contributed by atoms with Crippen LogP contribution in [0.5, 0.6) is 0 Å². The smallest absolute Gasteiger partial charge is 0.271 e. The standard InChI is InChI=1S/C23H19ClN4O/c1-15-11-19(14-26-27-23(29)18-5-3-7-20(24)12-18)16(2)28(15)21-8-9-22-17(13-21)6-4-10-25-22/h3-14H,1-2H3,(H,27,29)/b26-14-. The molecule has 2 aromatic heterocycles. The molecule has 1 N–H and O–H groups in total. The molecule has 0 saturated heterocycles. The molecule has 5 nitrogen and oxygen atoms in total. The van der Waals surface area contributed by atoms with Gasteiger partial charge in [-0.15, -0.1) is 0 Å². The summed E-state index contributed by atoms with van der Waals surface area (Å²) in [4.78, 5) is 16.6. The first-order valence-corrected chi connectivity index (χ1v) is 9.54. The topological polar surface area (TPSA) is 59.3 Å². The van der Waals surface area contributed by atoms with E-state index < -0.39 is 0 Å². The Kier molecular flexibility index (Phi) is 5.14. The van der Waals surface area contributed by atoms with E-state index in [1.807, 2.05) is 38.1 Å². The van der Waals surface area contributed by atoms with Crippen LogP contribution in [0, 0.1) is 13.8 Å². The first-order chi connectivity index (χ1) is 14.0. The van der Waals surface area contributed by atoms with Crippen molar-refractivity contribution in [2.24, 2.45) is 5.10 Å². The summed E-state index contributed by atoms with van der Waals surface area (Å²) >= 11 is 5.93. The fraction of sp³-hybridized carbons (Fsp3) is 0.0870. The molecule has 0 saturated carbocycles. The van der Waals surface area contributed by atoms with Gasteiger partial charge in [-0.2, -0.15) is 5.10 Å². The third-order valence-electron chi connectivity index (χ3n) is 4.77. The molecule has 6 heteroatoms. The van der Waals surface area contributed by atoms with Crippen LogP contribution in [0.3, 0.4) is 0 Å². The zero-order chi connectivity index (χ0) is 20.4. The van der Waals surface area contributed by atoms with Crippen molar-refractivity contribution in [3.63, 3.8) is 0 Å². The molecule has 0 aliphatic carbocycles. The van der Waals surface area contributed by atoms with Gasteiger partial charge in [-0.05, 0) is 62.4 Å². The number of nitrogens with one attached hydrogen (secondary N) is 1. The van der Waals surface area contributed by atoms with Gasteiger partial charge in [0.15, 0.2) is 0 Å². The molecule has 0 fully saturated rings. The summed E-state index contributed by atoms with van der Waals surface area (Å²) in [5.74, 6) is -0.306. The maximum atomic E-state index is 12.2. The fourth-order valence-electron chi connectivity index (χ4n) is 3.37. The average molecular weight is 403 g/mol. The number of hydrazone groups is 1. The SMILES string of the molecule is Cc1cc(/C=N\NC(=O)c2cccc(Cl)c2)c(C)n1-c1ccc2ncccc2c1. The van der Waals surface area contributed by atoms with Gasteiger partial charge in [-0.1, -0.05) is 23.7 Å². The zero-order valence-corrected chi connectivity index (χ0v) is 16.8. The Morgan fingerprint density at radius 2 is 1.97 bits per heavy atom. The first kappa shape index (κ1) is 18.9. The maximum absolute atomic E-state index is 12.2. The van der Waals surface area contributed by atoms with E-state index >= 15 is 0 Å². The minimum absolute atomic E-state index is 0.306.